The summed E-state index contributed by atoms with van der Waals surface area (Å²) in [6.45, 7) is 0.322. The van der Waals surface area contributed by atoms with E-state index in [2.05, 4.69) is 15.9 Å². The number of amides is 1. The minimum atomic E-state index is -3.58. The summed E-state index contributed by atoms with van der Waals surface area (Å²) < 4.78 is 28.3. The molecule has 1 aliphatic heterocycles. The minimum absolute atomic E-state index is 0.130. The Bertz CT molecular complexity index is 632. The lowest BCUT2D eigenvalue weighted by molar-refractivity contribution is -0.117. The summed E-state index contributed by atoms with van der Waals surface area (Å²) in [5.41, 5.74) is 0.629. The van der Waals surface area contributed by atoms with Gasteiger partial charge in [0.05, 0.1) is 18.6 Å². The molecule has 8 heteroatoms. The van der Waals surface area contributed by atoms with E-state index >= 15 is 0 Å². The molecule has 1 aliphatic rings. The SMILES string of the molecule is COc1ccc(Br)cc1N1CC(CS(N)(=O)=O)CC1=O. The van der Waals surface area contributed by atoms with E-state index in [0.29, 0.717) is 18.0 Å². The molecule has 1 fully saturated rings. The van der Waals surface area contributed by atoms with E-state index in [-0.39, 0.29) is 24.0 Å². The number of nitrogens with zero attached hydrogens (tertiary/aromatic N) is 1. The summed E-state index contributed by atoms with van der Waals surface area (Å²) >= 11 is 3.35. The van der Waals surface area contributed by atoms with Crippen LogP contribution in [0.15, 0.2) is 22.7 Å². The Hall–Kier alpha value is -1.12. The topological polar surface area (TPSA) is 89.7 Å². The van der Waals surface area contributed by atoms with Crippen LogP contribution in [-0.4, -0.2) is 33.7 Å². The summed E-state index contributed by atoms with van der Waals surface area (Å²) in [4.78, 5) is 13.6. The zero-order valence-electron chi connectivity index (χ0n) is 10.9. The van der Waals surface area contributed by atoms with Crippen LogP contribution < -0.4 is 14.8 Å². The molecule has 1 unspecified atom stereocenters. The van der Waals surface area contributed by atoms with E-state index in [9.17, 15) is 13.2 Å². The van der Waals surface area contributed by atoms with Crippen molar-refractivity contribution in [3.8, 4) is 5.75 Å². The van der Waals surface area contributed by atoms with Crippen LogP contribution in [-0.2, 0) is 14.8 Å². The number of hydrogen-bond acceptors (Lipinski definition) is 4. The van der Waals surface area contributed by atoms with Crippen LogP contribution >= 0.6 is 15.9 Å². The second kappa shape index (κ2) is 5.71. The lowest BCUT2D eigenvalue weighted by Gasteiger charge is -2.19. The fourth-order valence-electron chi connectivity index (χ4n) is 2.33. The average Bonchev–Trinajstić information content (AvgIpc) is 2.67. The Morgan fingerprint density at radius 2 is 2.20 bits per heavy atom. The van der Waals surface area contributed by atoms with Gasteiger partial charge in [-0.15, -0.1) is 0 Å². The number of nitrogens with two attached hydrogens (primary N) is 1. The summed E-state index contributed by atoms with van der Waals surface area (Å²) in [6.07, 6.45) is 0.173. The first kappa shape index (κ1) is 15.3. The first-order chi connectivity index (χ1) is 9.30. The van der Waals surface area contributed by atoms with Gasteiger partial charge in [0.1, 0.15) is 5.75 Å². The summed E-state index contributed by atoms with van der Waals surface area (Å²) in [5.74, 6) is -0.0417. The number of ether oxygens (including phenoxy) is 1. The molecule has 1 amide bonds. The fourth-order valence-corrected chi connectivity index (χ4v) is 3.56. The van der Waals surface area contributed by atoms with Gasteiger partial charge in [-0.3, -0.25) is 4.79 Å². The second-order valence-electron chi connectivity index (χ2n) is 4.72. The molecule has 2 N–H and O–H groups in total. The normalized spacial score (nSPS) is 19.4. The van der Waals surface area contributed by atoms with Crippen LogP contribution in [0.2, 0.25) is 0 Å². The van der Waals surface area contributed by atoms with Crippen molar-refractivity contribution < 1.29 is 17.9 Å². The van der Waals surface area contributed by atoms with Gasteiger partial charge in [0.25, 0.3) is 0 Å². The van der Waals surface area contributed by atoms with Gasteiger partial charge in [0, 0.05) is 23.4 Å². The number of primary sulfonamides is 1. The van der Waals surface area contributed by atoms with Gasteiger partial charge < -0.3 is 9.64 Å². The van der Waals surface area contributed by atoms with Crippen molar-refractivity contribution in [2.75, 3.05) is 24.3 Å². The summed E-state index contributed by atoms with van der Waals surface area (Å²) in [5, 5.41) is 5.04. The molecular weight excluding hydrogens is 348 g/mol. The van der Waals surface area contributed by atoms with E-state index in [1.807, 2.05) is 6.07 Å². The third-order valence-corrected chi connectivity index (χ3v) is 4.53. The Morgan fingerprint density at radius 1 is 1.50 bits per heavy atom. The second-order valence-corrected chi connectivity index (χ2v) is 7.29. The van der Waals surface area contributed by atoms with Gasteiger partial charge >= 0.3 is 0 Å². The zero-order valence-corrected chi connectivity index (χ0v) is 13.3. The van der Waals surface area contributed by atoms with Crippen LogP contribution in [0.1, 0.15) is 6.42 Å². The van der Waals surface area contributed by atoms with Gasteiger partial charge in [0.2, 0.25) is 15.9 Å². The van der Waals surface area contributed by atoms with Gasteiger partial charge in [-0.25, -0.2) is 13.6 Å². The number of methoxy groups -OCH3 is 1. The number of rotatable bonds is 4. The first-order valence-electron chi connectivity index (χ1n) is 5.94. The third-order valence-electron chi connectivity index (χ3n) is 3.10. The van der Waals surface area contributed by atoms with E-state index in [1.54, 1.807) is 17.0 Å². The number of hydrogen-bond donors (Lipinski definition) is 1. The molecule has 1 heterocycles. The van der Waals surface area contributed by atoms with Crippen LogP contribution in [0.25, 0.3) is 0 Å². The van der Waals surface area contributed by atoms with Crippen molar-refractivity contribution in [2.24, 2.45) is 11.1 Å². The number of carbonyl (C=O) groups excluding carboxylic acids is 1. The molecule has 1 atom stereocenters. The summed E-state index contributed by atoms with van der Waals surface area (Å²) in [6, 6.07) is 5.33. The van der Waals surface area contributed by atoms with Crippen molar-refractivity contribution in [2.45, 2.75) is 6.42 Å². The lowest BCUT2D eigenvalue weighted by atomic mass is 10.1. The fraction of sp³-hybridized carbons (Fsp3) is 0.417. The Kier molecular flexibility index (Phi) is 4.36. The number of halogens is 1. The van der Waals surface area contributed by atoms with Gasteiger partial charge in [-0.2, -0.15) is 0 Å². The maximum Gasteiger partial charge on any atom is 0.227 e. The maximum absolute atomic E-state index is 12.1. The zero-order chi connectivity index (χ0) is 14.9. The number of anilines is 1. The highest BCUT2D eigenvalue weighted by atomic mass is 79.9. The van der Waals surface area contributed by atoms with E-state index in [0.717, 1.165) is 4.47 Å². The molecule has 110 valence electrons. The molecule has 0 radical (unpaired) electrons. The molecular formula is C12H15BrN2O4S. The monoisotopic (exact) mass is 362 g/mol. The Labute approximate surface area is 126 Å². The molecule has 6 nitrogen and oxygen atoms in total. The maximum atomic E-state index is 12.1. The van der Waals surface area contributed by atoms with Gasteiger partial charge in [0.15, 0.2) is 0 Å². The largest absolute Gasteiger partial charge is 0.495 e. The van der Waals surface area contributed by atoms with E-state index in [1.165, 1.54) is 7.11 Å². The smallest absolute Gasteiger partial charge is 0.227 e. The molecule has 0 spiro atoms. The molecule has 0 aliphatic carbocycles. The van der Waals surface area contributed by atoms with Crippen molar-refractivity contribution in [3.63, 3.8) is 0 Å². The molecule has 20 heavy (non-hydrogen) atoms. The molecule has 2 rings (SSSR count). The van der Waals surface area contributed by atoms with E-state index in [4.69, 9.17) is 9.88 Å². The first-order valence-corrected chi connectivity index (χ1v) is 8.45. The van der Waals surface area contributed by atoms with Crippen molar-refractivity contribution in [1.82, 2.24) is 0 Å². The average molecular weight is 363 g/mol. The molecule has 0 saturated carbocycles. The highest BCUT2D eigenvalue weighted by Crippen LogP contribution is 2.35. The number of benzene rings is 1. The predicted molar refractivity (Wildman–Crippen MR) is 79.1 cm³/mol. The van der Waals surface area contributed by atoms with Crippen LogP contribution in [0.4, 0.5) is 5.69 Å². The predicted octanol–water partition coefficient (Wildman–Crippen LogP) is 1.10. The van der Waals surface area contributed by atoms with Crippen molar-refractivity contribution >= 4 is 37.5 Å². The van der Waals surface area contributed by atoms with Crippen molar-refractivity contribution in [3.05, 3.63) is 22.7 Å². The number of carbonyl (C=O) groups is 1. The van der Waals surface area contributed by atoms with E-state index < -0.39 is 10.0 Å². The molecule has 0 bridgehead atoms. The molecule has 1 aromatic rings. The number of sulfonamides is 1. The Morgan fingerprint density at radius 3 is 2.80 bits per heavy atom. The standard InChI is InChI=1S/C12H15BrN2O4S/c1-19-11-3-2-9(13)5-10(11)15-6-8(4-12(15)16)7-20(14,17)18/h2-3,5,8H,4,6-7H2,1H3,(H2,14,17,18). The highest BCUT2D eigenvalue weighted by Gasteiger charge is 2.34. The van der Waals surface area contributed by atoms with Crippen LogP contribution in [0, 0.1) is 5.92 Å². The lowest BCUT2D eigenvalue weighted by Crippen LogP contribution is -2.27. The van der Waals surface area contributed by atoms with Crippen molar-refractivity contribution in [1.29, 1.82) is 0 Å². The minimum Gasteiger partial charge on any atom is -0.495 e. The Balaban J connectivity index is 2.26. The highest BCUT2D eigenvalue weighted by molar-refractivity contribution is 9.10. The molecule has 1 aromatic carbocycles. The van der Waals surface area contributed by atoms with Crippen LogP contribution in [0.3, 0.4) is 0 Å². The molecule has 1 saturated heterocycles. The van der Waals surface area contributed by atoms with Crippen LogP contribution in [0.5, 0.6) is 5.75 Å². The quantitative estimate of drug-likeness (QED) is 0.868. The molecule has 0 aromatic heterocycles. The van der Waals surface area contributed by atoms with Gasteiger partial charge in [-0.05, 0) is 18.2 Å². The third kappa shape index (κ3) is 3.50. The summed E-state index contributed by atoms with van der Waals surface area (Å²) in [7, 11) is -2.06. The van der Waals surface area contributed by atoms with Gasteiger partial charge in [-0.1, -0.05) is 15.9 Å².